The van der Waals surface area contributed by atoms with Crippen LogP contribution in [0.1, 0.15) is 47.2 Å². The van der Waals surface area contributed by atoms with Crippen molar-refractivity contribution in [3.63, 3.8) is 0 Å². The molecule has 0 aliphatic heterocycles. The van der Waals surface area contributed by atoms with E-state index in [0.717, 1.165) is 42.6 Å². The van der Waals surface area contributed by atoms with Crippen molar-refractivity contribution in [3.05, 3.63) is 53.1 Å². The zero-order chi connectivity index (χ0) is 17.1. The molecule has 1 fully saturated rings. The number of nitrogens with one attached hydrogen (secondary N) is 1. The van der Waals surface area contributed by atoms with Gasteiger partial charge in [0.15, 0.2) is 0 Å². The standard InChI is InChI=1S/C20H23NO3/c1-13-6-5-7-14(2)19(13)24-16-10-11-18(22)17(12-16)20(23)21-15-8-3-4-9-15/h5-7,10-12,15,22H,3-4,8-9H2,1-2H3,(H,21,23). The highest BCUT2D eigenvalue weighted by Crippen LogP contribution is 2.31. The van der Waals surface area contributed by atoms with Crippen molar-refractivity contribution >= 4 is 5.91 Å². The van der Waals surface area contributed by atoms with E-state index in [1.807, 2.05) is 32.0 Å². The summed E-state index contributed by atoms with van der Waals surface area (Å²) in [6.07, 6.45) is 4.30. The lowest BCUT2D eigenvalue weighted by molar-refractivity contribution is 0.0935. The third-order valence-corrected chi connectivity index (χ3v) is 4.53. The third-order valence-electron chi connectivity index (χ3n) is 4.53. The number of benzene rings is 2. The van der Waals surface area contributed by atoms with Gasteiger partial charge in [0, 0.05) is 6.04 Å². The van der Waals surface area contributed by atoms with E-state index in [2.05, 4.69) is 5.32 Å². The van der Waals surface area contributed by atoms with Gasteiger partial charge in [-0.15, -0.1) is 0 Å². The Morgan fingerprint density at radius 2 is 1.79 bits per heavy atom. The fourth-order valence-electron chi connectivity index (χ4n) is 3.17. The molecule has 2 N–H and O–H groups in total. The Hall–Kier alpha value is -2.49. The molecule has 1 aliphatic carbocycles. The van der Waals surface area contributed by atoms with E-state index < -0.39 is 0 Å². The van der Waals surface area contributed by atoms with Gasteiger partial charge in [0.25, 0.3) is 5.91 Å². The van der Waals surface area contributed by atoms with Gasteiger partial charge in [-0.1, -0.05) is 31.0 Å². The predicted octanol–water partition coefficient (Wildman–Crippen LogP) is 4.47. The molecule has 4 heteroatoms. The van der Waals surface area contributed by atoms with Gasteiger partial charge < -0.3 is 15.2 Å². The lowest BCUT2D eigenvalue weighted by Crippen LogP contribution is -2.32. The van der Waals surface area contributed by atoms with Crippen molar-refractivity contribution in [3.8, 4) is 17.2 Å². The summed E-state index contributed by atoms with van der Waals surface area (Å²) in [4.78, 5) is 12.4. The summed E-state index contributed by atoms with van der Waals surface area (Å²) < 4.78 is 5.96. The van der Waals surface area contributed by atoms with Gasteiger partial charge in [0.1, 0.15) is 17.2 Å². The van der Waals surface area contributed by atoms with Crippen LogP contribution in [0.25, 0.3) is 0 Å². The Balaban J connectivity index is 1.82. The highest BCUT2D eigenvalue weighted by Gasteiger charge is 2.20. The second-order valence-corrected chi connectivity index (χ2v) is 6.46. The van der Waals surface area contributed by atoms with Gasteiger partial charge in [-0.2, -0.15) is 0 Å². The normalized spacial score (nSPS) is 14.6. The third kappa shape index (κ3) is 3.53. The highest BCUT2D eigenvalue weighted by molar-refractivity contribution is 5.97. The summed E-state index contributed by atoms with van der Waals surface area (Å²) >= 11 is 0. The van der Waals surface area contributed by atoms with Crippen LogP contribution in [0.4, 0.5) is 0 Å². The summed E-state index contributed by atoms with van der Waals surface area (Å²) in [5.74, 6) is 1.05. The van der Waals surface area contributed by atoms with Crippen molar-refractivity contribution < 1.29 is 14.6 Å². The molecule has 1 saturated carbocycles. The molecule has 0 bridgehead atoms. The van der Waals surface area contributed by atoms with Crippen LogP contribution >= 0.6 is 0 Å². The van der Waals surface area contributed by atoms with Crippen molar-refractivity contribution in [2.75, 3.05) is 0 Å². The minimum absolute atomic E-state index is 0.0284. The molecule has 0 atom stereocenters. The molecule has 1 amide bonds. The zero-order valence-corrected chi connectivity index (χ0v) is 14.1. The molecule has 2 aromatic carbocycles. The molecule has 0 saturated heterocycles. The van der Waals surface area contributed by atoms with Crippen LogP contribution in [0.5, 0.6) is 17.2 Å². The molecule has 126 valence electrons. The lowest BCUT2D eigenvalue weighted by atomic mass is 10.1. The van der Waals surface area contributed by atoms with Gasteiger partial charge in [-0.05, 0) is 56.0 Å². The zero-order valence-electron chi connectivity index (χ0n) is 14.1. The van der Waals surface area contributed by atoms with E-state index in [-0.39, 0.29) is 23.3 Å². The maximum Gasteiger partial charge on any atom is 0.255 e. The monoisotopic (exact) mass is 325 g/mol. The molecule has 0 radical (unpaired) electrons. The van der Waals surface area contributed by atoms with E-state index in [0.29, 0.717) is 5.75 Å². The number of hydrogen-bond acceptors (Lipinski definition) is 3. The Bertz CT molecular complexity index is 728. The van der Waals surface area contributed by atoms with E-state index in [9.17, 15) is 9.90 Å². The number of ether oxygens (including phenoxy) is 1. The number of aromatic hydroxyl groups is 1. The quantitative estimate of drug-likeness (QED) is 0.871. The molecule has 3 rings (SSSR count). The van der Waals surface area contributed by atoms with Crippen LogP contribution < -0.4 is 10.1 Å². The first-order valence-electron chi connectivity index (χ1n) is 8.42. The van der Waals surface area contributed by atoms with Crippen LogP contribution in [-0.4, -0.2) is 17.1 Å². The van der Waals surface area contributed by atoms with Crippen LogP contribution in [0.15, 0.2) is 36.4 Å². The number of phenols is 1. The number of aryl methyl sites for hydroxylation is 2. The van der Waals surface area contributed by atoms with Crippen molar-refractivity contribution in [1.82, 2.24) is 5.32 Å². The fourth-order valence-corrected chi connectivity index (χ4v) is 3.17. The lowest BCUT2D eigenvalue weighted by Gasteiger charge is -2.15. The summed E-state index contributed by atoms with van der Waals surface area (Å²) in [6.45, 7) is 3.97. The largest absolute Gasteiger partial charge is 0.507 e. The first-order chi connectivity index (χ1) is 11.5. The summed E-state index contributed by atoms with van der Waals surface area (Å²) in [6, 6.07) is 10.9. The molecule has 0 spiro atoms. The van der Waals surface area contributed by atoms with Crippen molar-refractivity contribution in [1.29, 1.82) is 0 Å². The number of phenolic OH excluding ortho intramolecular Hbond substituents is 1. The molecule has 2 aromatic rings. The fraction of sp³-hybridized carbons (Fsp3) is 0.350. The van der Waals surface area contributed by atoms with Gasteiger partial charge in [-0.3, -0.25) is 4.79 Å². The van der Waals surface area contributed by atoms with E-state index >= 15 is 0 Å². The molecule has 0 aromatic heterocycles. The maximum absolute atomic E-state index is 12.4. The number of hydrogen-bond donors (Lipinski definition) is 2. The second kappa shape index (κ2) is 6.95. The minimum atomic E-state index is -0.244. The number of rotatable bonds is 4. The Labute approximate surface area is 142 Å². The second-order valence-electron chi connectivity index (χ2n) is 6.46. The SMILES string of the molecule is Cc1cccc(C)c1Oc1ccc(O)c(C(=O)NC2CCCC2)c1. The molecule has 0 heterocycles. The van der Waals surface area contributed by atoms with Crippen LogP contribution in [0.2, 0.25) is 0 Å². The van der Waals surface area contributed by atoms with Crippen LogP contribution in [0, 0.1) is 13.8 Å². The molecule has 4 nitrogen and oxygen atoms in total. The summed E-state index contributed by atoms with van der Waals surface area (Å²) in [5.41, 5.74) is 2.31. The maximum atomic E-state index is 12.4. The average Bonchev–Trinajstić information content (AvgIpc) is 3.05. The molecule has 1 aliphatic rings. The van der Waals surface area contributed by atoms with Crippen LogP contribution in [0.3, 0.4) is 0 Å². The Morgan fingerprint density at radius 3 is 2.46 bits per heavy atom. The van der Waals surface area contributed by atoms with Crippen molar-refractivity contribution in [2.45, 2.75) is 45.6 Å². The molecule has 24 heavy (non-hydrogen) atoms. The van der Waals surface area contributed by atoms with Gasteiger partial charge >= 0.3 is 0 Å². The van der Waals surface area contributed by atoms with Gasteiger partial charge in [0.2, 0.25) is 0 Å². The molecular formula is C20H23NO3. The van der Waals surface area contributed by atoms with Crippen molar-refractivity contribution in [2.24, 2.45) is 0 Å². The Kier molecular flexibility index (Phi) is 4.74. The minimum Gasteiger partial charge on any atom is -0.507 e. The van der Waals surface area contributed by atoms with E-state index in [1.165, 1.54) is 6.07 Å². The smallest absolute Gasteiger partial charge is 0.255 e. The first-order valence-corrected chi connectivity index (χ1v) is 8.42. The number of carbonyl (C=O) groups is 1. The number of para-hydroxylation sites is 1. The number of amides is 1. The van der Waals surface area contributed by atoms with Crippen LogP contribution in [-0.2, 0) is 0 Å². The first kappa shape index (κ1) is 16.4. The topological polar surface area (TPSA) is 58.6 Å². The average molecular weight is 325 g/mol. The summed E-state index contributed by atoms with van der Waals surface area (Å²) in [7, 11) is 0. The number of carbonyl (C=O) groups excluding carboxylic acids is 1. The summed E-state index contributed by atoms with van der Waals surface area (Å²) in [5, 5.41) is 13.0. The predicted molar refractivity (Wildman–Crippen MR) is 93.8 cm³/mol. The molecular weight excluding hydrogens is 302 g/mol. The Morgan fingerprint density at radius 1 is 1.12 bits per heavy atom. The van der Waals surface area contributed by atoms with Gasteiger partial charge in [0.05, 0.1) is 5.56 Å². The van der Waals surface area contributed by atoms with E-state index in [4.69, 9.17) is 4.74 Å². The highest BCUT2D eigenvalue weighted by atomic mass is 16.5. The van der Waals surface area contributed by atoms with Gasteiger partial charge in [-0.25, -0.2) is 0 Å². The molecule has 0 unspecified atom stereocenters. The van der Waals surface area contributed by atoms with E-state index in [1.54, 1.807) is 12.1 Å².